The van der Waals surface area contributed by atoms with Crippen LogP contribution in [-0.2, 0) is 11.2 Å². The number of aliphatic hydroxyl groups is 2. The minimum atomic E-state index is -0.0806. The van der Waals surface area contributed by atoms with Crippen molar-refractivity contribution >= 4 is 0 Å². The van der Waals surface area contributed by atoms with Gasteiger partial charge in [-0.05, 0) is 158 Å². The van der Waals surface area contributed by atoms with E-state index in [9.17, 15) is 10.2 Å². The van der Waals surface area contributed by atoms with E-state index in [2.05, 4.69) is 52.0 Å². The van der Waals surface area contributed by atoms with Crippen molar-refractivity contribution in [3.05, 3.63) is 52.3 Å². The van der Waals surface area contributed by atoms with Crippen LogP contribution in [0.5, 0.6) is 5.75 Å². The number of hydrogen-bond donors (Lipinski definition) is 2. The lowest BCUT2D eigenvalue weighted by Gasteiger charge is -2.53. The maximum atomic E-state index is 10.5. The SMILES string of the molecule is COC1=CCC2=C(C1)C[C@@H](C)C1C2CC[C@@]2(C)C1CC[C@@H]2O.COc1ccc2c(c1)C[C@@H](C)C1C2CC[C@@]2(C)C1CC[C@@H]2O. The van der Waals surface area contributed by atoms with Crippen LogP contribution in [0.2, 0.25) is 0 Å². The molecule has 0 aromatic heterocycles. The molecule has 8 rings (SSSR count). The van der Waals surface area contributed by atoms with Crippen LogP contribution in [0.1, 0.15) is 115 Å². The molecule has 4 nitrogen and oxygen atoms in total. The summed E-state index contributed by atoms with van der Waals surface area (Å²) in [5.74, 6) is 8.07. The molecule has 1 aromatic rings. The lowest BCUT2D eigenvalue weighted by atomic mass is 9.52. The van der Waals surface area contributed by atoms with Gasteiger partial charge in [0.15, 0.2) is 0 Å². The third kappa shape index (κ3) is 4.74. The Hall–Kier alpha value is -1.78. The summed E-state index contributed by atoms with van der Waals surface area (Å²) >= 11 is 0. The normalized spacial score (nSPS) is 45.3. The first-order valence-electron chi connectivity index (χ1n) is 18.1. The number of hydrogen-bond acceptors (Lipinski definition) is 4. The van der Waals surface area contributed by atoms with Crippen molar-refractivity contribution in [3.63, 3.8) is 0 Å². The fourth-order valence-corrected chi connectivity index (χ4v) is 12.5. The smallest absolute Gasteiger partial charge is 0.119 e. The molecular weight excluding hydrogens is 544 g/mol. The summed E-state index contributed by atoms with van der Waals surface area (Å²) in [6, 6.07) is 6.69. The van der Waals surface area contributed by atoms with Crippen molar-refractivity contribution in [2.24, 2.45) is 52.3 Å². The average Bonchev–Trinajstić information content (AvgIpc) is 3.50. The first kappa shape index (κ1) is 30.9. The summed E-state index contributed by atoms with van der Waals surface area (Å²) in [7, 11) is 3.56. The maximum Gasteiger partial charge on any atom is 0.119 e. The minimum absolute atomic E-state index is 0.0626. The predicted octanol–water partition coefficient (Wildman–Crippen LogP) is 8.61. The summed E-state index contributed by atoms with van der Waals surface area (Å²) in [4.78, 5) is 0. The Kier molecular flexibility index (Phi) is 8.05. The number of rotatable bonds is 2. The van der Waals surface area contributed by atoms with Crippen LogP contribution < -0.4 is 4.74 Å². The topological polar surface area (TPSA) is 58.9 Å². The molecule has 0 bridgehead atoms. The third-order valence-electron chi connectivity index (χ3n) is 14.8. The van der Waals surface area contributed by atoms with Crippen molar-refractivity contribution in [1.82, 2.24) is 0 Å². The number of aliphatic hydroxyl groups excluding tert-OH is 2. The molecular formula is C40H58O4. The van der Waals surface area contributed by atoms with Crippen molar-refractivity contribution in [2.75, 3.05) is 14.2 Å². The summed E-state index contributed by atoms with van der Waals surface area (Å²) in [5.41, 5.74) is 6.83. The minimum Gasteiger partial charge on any atom is -0.501 e. The van der Waals surface area contributed by atoms with Gasteiger partial charge in [0.25, 0.3) is 0 Å². The Morgan fingerprint density at radius 2 is 1.36 bits per heavy atom. The Labute approximate surface area is 266 Å². The van der Waals surface area contributed by atoms with Gasteiger partial charge < -0.3 is 19.7 Å². The van der Waals surface area contributed by atoms with Crippen LogP contribution in [0.25, 0.3) is 0 Å². The second-order valence-electron chi connectivity index (χ2n) is 16.7. The van der Waals surface area contributed by atoms with E-state index >= 15 is 0 Å². The lowest BCUT2D eigenvalue weighted by Crippen LogP contribution is -2.47. The molecule has 12 atom stereocenters. The largest absolute Gasteiger partial charge is 0.501 e. The van der Waals surface area contributed by atoms with Gasteiger partial charge >= 0.3 is 0 Å². The van der Waals surface area contributed by atoms with E-state index in [0.29, 0.717) is 17.8 Å². The zero-order chi connectivity index (χ0) is 31.0. The van der Waals surface area contributed by atoms with Crippen LogP contribution in [-0.4, -0.2) is 36.6 Å². The van der Waals surface area contributed by atoms with Gasteiger partial charge in [-0.2, -0.15) is 0 Å². The van der Waals surface area contributed by atoms with E-state index in [-0.39, 0.29) is 23.0 Å². The van der Waals surface area contributed by atoms with Crippen molar-refractivity contribution in [1.29, 1.82) is 0 Å². The average molecular weight is 603 g/mol. The molecule has 0 heterocycles. The number of fused-ring (bicyclic) bond motifs is 9. The van der Waals surface area contributed by atoms with Gasteiger partial charge in [0.2, 0.25) is 0 Å². The Balaban J connectivity index is 0.000000142. The van der Waals surface area contributed by atoms with E-state index in [1.54, 1.807) is 30.9 Å². The standard InChI is InChI=1S/C20H30O2.C20H28O2/c2*1-12-10-13-11-14(22-3)4-5-15(13)16-8-9-20(2)17(19(12)16)6-7-18(20)21/h4,12,16-19,21H,5-11H2,1-3H3;4-5,11-12,16-19,21H,6-10H2,1-3H3/t2*12-,16?,17?,18+,19?,20+/m11/s1. The van der Waals surface area contributed by atoms with Crippen LogP contribution in [0, 0.1) is 52.3 Å². The molecule has 4 fully saturated rings. The van der Waals surface area contributed by atoms with Crippen molar-refractivity contribution in [2.45, 2.75) is 123 Å². The lowest BCUT2D eigenvalue weighted by molar-refractivity contribution is -0.0454. The number of benzene rings is 1. The first-order chi connectivity index (χ1) is 21.1. The molecule has 4 saturated carbocycles. The second kappa shape index (κ2) is 11.5. The van der Waals surface area contributed by atoms with Crippen LogP contribution in [0.15, 0.2) is 41.2 Å². The molecule has 0 saturated heterocycles. The third-order valence-corrected chi connectivity index (χ3v) is 14.8. The van der Waals surface area contributed by atoms with Gasteiger partial charge in [0.1, 0.15) is 5.75 Å². The highest BCUT2D eigenvalue weighted by molar-refractivity contribution is 5.41. The van der Waals surface area contributed by atoms with Crippen LogP contribution in [0.4, 0.5) is 0 Å². The van der Waals surface area contributed by atoms with E-state index in [0.717, 1.165) is 67.4 Å². The highest BCUT2D eigenvalue weighted by Gasteiger charge is 2.57. The Morgan fingerprint density at radius 1 is 0.750 bits per heavy atom. The molecule has 0 aliphatic heterocycles. The summed E-state index contributed by atoms with van der Waals surface area (Å²) in [6.45, 7) is 9.60. The highest BCUT2D eigenvalue weighted by atomic mass is 16.5. The van der Waals surface area contributed by atoms with E-state index in [1.807, 2.05) is 0 Å². The number of allylic oxidation sites excluding steroid dienone is 3. The molecule has 2 N–H and O–H groups in total. The monoisotopic (exact) mass is 602 g/mol. The zero-order valence-electron chi connectivity index (χ0n) is 28.3. The quantitative estimate of drug-likeness (QED) is 0.333. The Bertz CT molecular complexity index is 1310. The van der Waals surface area contributed by atoms with Crippen molar-refractivity contribution in [3.8, 4) is 5.75 Å². The fourth-order valence-electron chi connectivity index (χ4n) is 12.5. The van der Waals surface area contributed by atoms with Gasteiger partial charge in [-0.1, -0.05) is 44.9 Å². The highest BCUT2D eigenvalue weighted by Crippen LogP contribution is 2.63. The van der Waals surface area contributed by atoms with E-state index < -0.39 is 0 Å². The van der Waals surface area contributed by atoms with Crippen molar-refractivity contribution < 1.29 is 19.7 Å². The molecule has 0 radical (unpaired) electrons. The van der Waals surface area contributed by atoms with E-state index in [1.165, 1.54) is 56.3 Å². The molecule has 7 aliphatic carbocycles. The Morgan fingerprint density at radius 3 is 2.00 bits per heavy atom. The molecule has 242 valence electrons. The molecule has 44 heavy (non-hydrogen) atoms. The molecule has 7 aliphatic rings. The van der Waals surface area contributed by atoms with Crippen LogP contribution >= 0.6 is 0 Å². The second-order valence-corrected chi connectivity index (χ2v) is 16.7. The summed E-state index contributed by atoms with van der Waals surface area (Å²) in [5, 5.41) is 21.0. The molecule has 6 unspecified atom stereocenters. The van der Waals surface area contributed by atoms with Gasteiger partial charge in [0.05, 0.1) is 32.2 Å². The maximum absolute atomic E-state index is 10.5. The summed E-state index contributed by atoms with van der Waals surface area (Å²) < 4.78 is 10.9. The fraction of sp³-hybridized carbons (Fsp3) is 0.750. The van der Waals surface area contributed by atoms with Crippen LogP contribution in [0.3, 0.4) is 0 Å². The molecule has 0 amide bonds. The van der Waals surface area contributed by atoms with Gasteiger partial charge in [0, 0.05) is 6.42 Å². The molecule has 4 heteroatoms. The van der Waals surface area contributed by atoms with Gasteiger partial charge in [-0.15, -0.1) is 0 Å². The summed E-state index contributed by atoms with van der Waals surface area (Å²) in [6.07, 6.45) is 16.1. The zero-order valence-corrected chi connectivity index (χ0v) is 28.3. The van der Waals surface area contributed by atoms with E-state index in [4.69, 9.17) is 9.47 Å². The predicted molar refractivity (Wildman–Crippen MR) is 176 cm³/mol. The number of methoxy groups -OCH3 is 2. The van der Waals surface area contributed by atoms with Gasteiger partial charge in [-0.25, -0.2) is 0 Å². The molecule has 1 aromatic carbocycles. The molecule has 0 spiro atoms. The van der Waals surface area contributed by atoms with Gasteiger partial charge in [-0.3, -0.25) is 0 Å². The number of ether oxygens (including phenoxy) is 2. The first-order valence-corrected chi connectivity index (χ1v) is 18.1.